The van der Waals surface area contributed by atoms with Crippen molar-refractivity contribution in [2.75, 3.05) is 26.2 Å². The lowest BCUT2D eigenvalue weighted by atomic mass is 9.93. The highest BCUT2D eigenvalue weighted by Gasteiger charge is 2.28. The molecule has 118 valence electrons. The molecule has 1 heterocycles. The van der Waals surface area contributed by atoms with Crippen molar-refractivity contribution in [3.05, 3.63) is 29.8 Å². The van der Waals surface area contributed by atoms with Crippen LogP contribution in [0.1, 0.15) is 39.7 Å². The summed E-state index contributed by atoms with van der Waals surface area (Å²) in [6.45, 7) is 14.1. The molecule has 3 heteroatoms. The second-order valence-electron chi connectivity index (χ2n) is 7.22. The van der Waals surface area contributed by atoms with Crippen molar-refractivity contribution < 1.29 is 4.74 Å². The van der Waals surface area contributed by atoms with Crippen LogP contribution in [0.15, 0.2) is 24.3 Å². The first-order valence-corrected chi connectivity index (χ1v) is 8.12. The third-order valence-corrected chi connectivity index (χ3v) is 4.05. The molecule has 0 atom stereocenters. The number of hydrogen-bond acceptors (Lipinski definition) is 3. The van der Waals surface area contributed by atoms with Gasteiger partial charge in [0.25, 0.3) is 0 Å². The maximum Gasteiger partial charge on any atom is 0.119 e. The molecule has 1 aliphatic heterocycles. The van der Waals surface area contributed by atoms with Crippen molar-refractivity contribution in [3.8, 4) is 5.75 Å². The fourth-order valence-electron chi connectivity index (χ4n) is 2.77. The Bertz CT molecular complexity index is 443. The SMILES string of the molecule is CC(C)NCc1cccc(OCCN2CCC(C)(C)C2)c1. The molecule has 0 spiro atoms. The van der Waals surface area contributed by atoms with Gasteiger partial charge in [-0.2, -0.15) is 0 Å². The minimum absolute atomic E-state index is 0.475. The van der Waals surface area contributed by atoms with E-state index in [0.29, 0.717) is 11.5 Å². The van der Waals surface area contributed by atoms with Gasteiger partial charge in [-0.25, -0.2) is 0 Å². The summed E-state index contributed by atoms with van der Waals surface area (Å²) in [7, 11) is 0. The Balaban J connectivity index is 1.74. The van der Waals surface area contributed by atoms with Crippen LogP contribution in [0.5, 0.6) is 5.75 Å². The number of benzene rings is 1. The van der Waals surface area contributed by atoms with E-state index >= 15 is 0 Å². The summed E-state index contributed by atoms with van der Waals surface area (Å²) in [6.07, 6.45) is 1.29. The average Bonchev–Trinajstić information content (AvgIpc) is 2.76. The van der Waals surface area contributed by atoms with Gasteiger partial charge in [0.15, 0.2) is 0 Å². The number of likely N-dealkylation sites (tertiary alicyclic amines) is 1. The topological polar surface area (TPSA) is 24.5 Å². The molecule has 3 nitrogen and oxygen atoms in total. The Morgan fingerprint density at radius 2 is 2.14 bits per heavy atom. The zero-order chi connectivity index (χ0) is 15.3. The van der Waals surface area contributed by atoms with Crippen LogP contribution in [0.2, 0.25) is 0 Å². The van der Waals surface area contributed by atoms with E-state index in [1.54, 1.807) is 0 Å². The van der Waals surface area contributed by atoms with Crippen LogP contribution in [0.25, 0.3) is 0 Å². The van der Waals surface area contributed by atoms with Gasteiger partial charge in [0.2, 0.25) is 0 Å². The molecular weight excluding hydrogens is 260 g/mol. The van der Waals surface area contributed by atoms with Gasteiger partial charge in [-0.3, -0.25) is 4.90 Å². The highest BCUT2D eigenvalue weighted by molar-refractivity contribution is 5.28. The normalized spacial score (nSPS) is 18.3. The summed E-state index contributed by atoms with van der Waals surface area (Å²) < 4.78 is 5.91. The number of rotatable bonds is 7. The molecular formula is C18H30N2O. The summed E-state index contributed by atoms with van der Waals surface area (Å²) in [6, 6.07) is 8.92. The van der Waals surface area contributed by atoms with E-state index in [-0.39, 0.29) is 0 Å². The van der Waals surface area contributed by atoms with E-state index in [4.69, 9.17) is 4.74 Å². The number of nitrogens with zero attached hydrogens (tertiary/aromatic N) is 1. The lowest BCUT2D eigenvalue weighted by Gasteiger charge is -2.19. The summed E-state index contributed by atoms with van der Waals surface area (Å²) in [5, 5.41) is 3.44. The van der Waals surface area contributed by atoms with E-state index in [2.05, 4.69) is 56.1 Å². The molecule has 1 fully saturated rings. The molecule has 0 aromatic heterocycles. The van der Waals surface area contributed by atoms with Crippen LogP contribution in [0, 0.1) is 5.41 Å². The van der Waals surface area contributed by atoms with Gasteiger partial charge in [0, 0.05) is 25.7 Å². The standard InChI is InChI=1S/C18H30N2O/c1-15(2)19-13-16-6-5-7-17(12-16)21-11-10-20-9-8-18(3,4)14-20/h5-7,12,15,19H,8-11,13-14H2,1-4H3. The average molecular weight is 290 g/mol. The van der Waals surface area contributed by atoms with Gasteiger partial charge >= 0.3 is 0 Å². The quantitative estimate of drug-likeness (QED) is 0.834. The first-order chi connectivity index (χ1) is 9.94. The maximum atomic E-state index is 5.91. The predicted octanol–water partition coefficient (Wildman–Crippen LogP) is 3.30. The number of hydrogen-bond donors (Lipinski definition) is 1. The molecule has 0 aliphatic carbocycles. The third-order valence-electron chi connectivity index (χ3n) is 4.05. The van der Waals surface area contributed by atoms with E-state index < -0.39 is 0 Å². The van der Waals surface area contributed by atoms with Crippen molar-refractivity contribution >= 4 is 0 Å². The second-order valence-corrected chi connectivity index (χ2v) is 7.22. The van der Waals surface area contributed by atoms with Crippen molar-refractivity contribution in [1.29, 1.82) is 0 Å². The van der Waals surface area contributed by atoms with Gasteiger partial charge in [0.05, 0.1) is 0 Å². The summed E-state index contributed by atoms with van der Waals surface area (Å²) in [5.41, 5.74) is 1.76. The van der Waals surface area contributed by atoms with Crippen LogP contribution >= 0.6 is 0 Å². The molecule has 0 unspecified atom stereocenters. The molecule has 0 amide bonds. The first-order valence-electron chi connectivity index (χ1n) is 8.12. The fraction of sp³-hybridized carbons (Fsp3) is 0.667. The summed E-state index contributed by atoms with van der Waals surface area (Å²) >= 11 is 0. The van der Waals surface area contributed by atoms with E-state index in [1.807, 2.05) is 6.07 Å². The van der Waals surface area contributed by atoms with E-state index in [1.165, 1.54) is 25.1 Å². The Labute approximate surface area is 129 Å². The molecule has 0 bridgehead atoms. The monoisotopic (exact) mass is 290 g/mol. The van der Waals surface area contributed by atoms with Crippen molar-refractivity contribution in [3.63, 3.8) is 0 Å². The van der Waals surface area contributed by atoms with Gasteiger partial charge < -0.3 is 10.1 Å². The van der Waals surface area contributed by atoms with Gasteiger partial charge in [-0.05, 0) is 36.1 Å². The largest absolute Gasteiger partial charge is 0.492 e. The maximum absolute atomic E-state index is 5.91. The lowest BCUT2D eigenvalue weighted by Crippen LogP contribution is -2.27. The van der Waals surface area contributed by atoms with Crippen LogP contribution in [0.3, 0.4) is 0 Å². The Hall–Kier alpha value is -1.06. The number of ether oxygens (including phenoxy) is 1. The highest BCUT2D eigenvalue weighted by atomic mass is 16.5. The summed E-state index contributed by atoms with van der Waals surface area (Å²) in [5.74, 6) is 0.983. The van der Waals surface area contributed by atoms with Crippen LogP contribution < -0.4 is 10.1 Å². The van der Waals surface area contributed by atoms with Gasteiger partial charge in [-0.15, -0.1) is 0 Å². The predicted molar refractivity (Wildman–Crippen MR) is 88.8 cm³/mol. The van der Waals surface area contributed by atoms with Crippen LogP contribution in [-0.2, 0) is 6.54 Å². The van der Waals surface area contributed by atoms with E-state index in [0.717, 1.165) is 25.4 Å². The third kappa shape index (κ3) is 5.68. The van der Waals surface area contributed by atoms with E-state index in [9.17, 15) is 0 Å². The zero-order valence-electron chi connectivity index (χ0n) is 14.0. The van der Waals surface area contributed by atoms with Crippen molar-refractivity contribution in [1.82, 2.24) is 10.2 Å². The first kappa shape index (κ1) is 16.3. The molecule has 1 aromatic carbocycles. The highest BCUT2D eigenvalue weighted by Crippen LogP contribution is 2.28. The minimum Gasteiger partial charge on any atom is -0.492 e. The Morgan fingerprint density at radius 3 is 2.81 bits per heavy atom. The van der Waals surface area contributed by atoms with Gasteiger partial charge in [-0.1, -0.05) is 39.8 Å². The second kappa shape index (κ2) is 7.28. The smallest absolute Gasteiger partial charge is 0.119 e. The molecule has 0 radical (unpaired) electrons. The zero-order valence-corrected chi connectivity index (χ0v) is 14.0. The van der Waals surface area contributed by atoms with Crippen molar-refractivity contribution in [2.45, 2.75) is 46.7 Å². The van der Waals surface area contributed by atoms with Crippen molar-refractivity contribution in [2.24, 2.45) is 5.41 Å². The molecule has 0 saturated carbocycles. The van der Waals surface area contributed by atoms with Crippen LogP contribution in [0.4, 0.5) is 0 Å². The fourth-order valence-corrected chi connectivity index (χ4v) is 2.77. The van der Waals surface area contributed by atoms with Crippen LogP contribution in [-0.4, -0.2) is 37.2 Å². The Kier molecular flexibility index (Phi) is 5.65. The Morgan fingerprint density at radius 1 is 1.33 bits per heavy atom. The molecule has 21 heavy (non-hydrogen) atoms. The number of nitrogens with one attached hydrogen (secondary N) is 1. The van der Waals surface area contributed by atoms with Gasteiger partial charge in [0.1, 0.15) is 12.4 Å². The molecule has 1 aliphatic rings. The molecule has 2 rings (SSSR count). The molecule has 1 N–H and O–H groups in total. The summed E-state index contributed by atoms with van der Waals surface area (Å²) in [4.78, 5) is 2.50. The lowest BCUT2D eigenvalue weighted by molar-refractivity contribution is 0.222. The molecule has 1 aromatic rings. The molecule has 1 saturated heterocycles. The minimum atomic E-state index is 0.475.